The number of aromatic nitrogens is 1. The second-order valence-electron chi connectivity index (χ2n) is 7.76. The van der Waals surface area contributed by atoms with E-state index in [1.54, 1.807) is 18.2 Å². The molecule has 0 aliphatic carbocycles. The Morgan fingerprint density at radius 2 is 1.59 bits per heavy atom. The Morgan fingerprint density at radius 1 is 0.781 bits per heavy atom. The van der Waals surface area contributed by atoms with Gasteiger partial charge in [0.25, 0.3) is 0 Å². The van der Waals surface area contributed by atoms with Crippen LogP contribution in [0.5, 0.6) is 0 Å². The molecule has 0 saturated carbocycles. The molecule has 0 atom stereocenters. The smallest absolute Gasteiger partial charge is 0.139 e. The molecular formula is C29H23F2N. The summed E-state index contributed by atoms with van der Waals surface area (Å²) in [4.78, 5) is 4.50. The lowest BCUT2D eigenvalue weighted by Gasteiger charge is -2.05. The summed E-state index contributed by atoms with van der Waals surface area (Å²) in [7, 11) is 0. The molecule has 0 bridgehead atoms. The van der Waals surface area contributed by atoms with Gasteiger partial charge in [0.05, 0.1) is 5.56 Å². The summed E-state index contributed by atoms with van der Waals surface area (Å²) >= 11 is 0. The van der Waals surface area contributed by atoms with Crippen LogP contribution in [-0.2, 0) is 19.3 Å². The Bertz CT molecular complexity index is 1310. The second kappa shape index (κ2) is 10.0. The van der Waals surface area contributed by atoms with E-state index in [1.807, 2.05) is 42.6 Å². The van der Waals surface area contributed by atoms with E-state index in [2.05, 4.69) is 29.5 Å². The van der Waals surface area contributed by atoms with Crippen molar-refractivity contribution in [2.45, 2.75) is 25.7 Å². The van der Waals surface area contributed by atoms with Crippen molar-refractivity contribution in [1.82, 2.24) is 4.98 Å². The van der Waals surface area contributed by atoms with Gasteiger partial charge in [-0.1, -0.05) is 42.2 Å². The SMILES string of the molecule is C=CCCc1ccc(CCc2ccc(C#Cc3ccc4cc(F)ccc4c3)c(F)c2)nc1. The molecule has 0 aliphatic rings. The van der Waals surface area contributed by atoms with E-state index >= 15 is 0 Å². The molecule has 0 N–H and O–H groups in total. The van der Waals surface area contributed by atoms with Crippen LogP contribution in [0.15, 0.2) is 85.6 Å². The number of hydrogen-bond acceptors (Lipinski definition) is 1. The molecule has 4 aromatic rings. The number of allylic oxidation sites excluding steroid dienone is 1. The average Bonchev–Trinajstić information content (AvgIpc) is 2.81. The first kappa shape index (κ1) is 21.5. The van der Waals surface area contributed by atoms with Gasteiger partial charge in [-0.2, -0.15) is 0 Å². The van der Waals surface area contributed by atoms with Crippen molar-refractivity contribution in [2.75, 3.05) is 0 Å². The molecule has 0 unspecified atom stereocenters. The number of fused-ring (bicyclic) bond motifs is 1. The molecule has 1 heterocycles. The largest absolute Gasteiger partial charge is 0.261 e. The van der Waals surface area contributed by atoms with Crippen LogP contribution in [0.4, 0.5) is 8.78 Å². The third-order valence-corrected chi connectivity index (χ3v) is 5.37. The van der Waals surface area contributed by atoms with Gasteiger partial charge in [0, 0.05) is 17.5 Å². The van der Waals surface area contributed by atoms with Crippen LogP contribution in [0, 0.1) is 23.5 Å². The maximum Gasteiger partial charge on any atom is 0.139 e. The summed E-state index contributed by atoms with van der Waals surface area (Å²) in [5.41, 5.74) is 4.22. The van der Waals surface area contributed by atoms with Gasteiger partial charge in [-0.05, 0) is 90.0 Å². The van der Waals surface area contributed by atoms with Crippen LogP contribution >= 0.6 is 0 Å². The highest BCUT2D eigenvalue weighted by molar-refractivity contribution is 5.84. The van der Waals surface area contributed by atoms with Crippen LogP contribution < -0.4 is 0 Å². The van der Waals surface area contributed by atoms with Gasteiger partial charge in [0.2, 0.25) is 0 Å². The lowest BCUT2D eigenvalue weighted by molar-refractivity contribution is 0.621. The van der Waals surface area contributed by atoms with Crippen LogP contribution in [-0.4, -0.2) is 4.98 Å². The predicted octanol–water partition coefficient (Wildman–Crippen LogP) is 6.82. The molecule has 0 spiro atoms. The van der Waals surface area contributed by atoms with E-state index in [9.17, 15) is 8.78 Å². The van der Waals surface area contributed by atoms with E-state index in [4.69, 9.17) is 0 Å². The highest BCUT2D eigenvalue weighted by atomic mass is 19.1. The maximum atomic E-state index is 14.6. The first-order chi connectivity index (χ1) is 15.6. The van der Waals surface area contributed by atoms with Crippen molar-refractivity contribution in [3.8, 4) is 11.8 Å². The third-order valence-electron chi connectivity index (χ3n) is 5.37. The monoisotopic (exact) mass is 423 g/mol. The Labute approximate surface area is 187 Å². The predicted molar refractivity (Wildman–Crippen MR) is 126 cm³/mol. The Balaban J connectivity index is 1.41. The molecule has 4 rings (SSSR count). The lowest BCUT2D eigenvalue weighted by Crippen LogP contribution is -1.97. The normalized spacial score (nSPS) is 10.6. The number of halogens is 2. The van der Waals surface area contributed by atoms with Crippen molar-refractivity contribution < 1.29 is 8.78 Å². The van der Waals surface area contributed by atoms with Gasteiger partial charge in [-0.15, -0.1) is 6.58 Å². The molecule has 0 amide bonds. The molecule has 158 valence electrons. The molecule has 32 heavy (non-hydrogen) atoms. The van der Waals surface area contributed by atoms with Gasteiger partial charge >= 0.3 is 0 Å². The minimum absolute atomic E-state index is 0.269. The fourth-order valence-corrected chi connectivity index (χ4v) is 3.54. The summed E-state index contributed by atoms with van der Waals surface area (Å²) in [6.45, 7) is 3.74. The quantitative estimate of drug-likeness (QED) is 0.245. The van der Waals surface area contributed by atoms with Crippen molar-refractivity contribution in [3.05, 3.63) is 125 Å². The zero-order valence-electron chi connectivity index (χ0n) is 17.7. The molecule has 1 nitrogen and oxygen atoms in total. The number of rotatable bonds is 6. The van der Waals surface area contributed by atoms with Crippen molar-refractivity contribution in [2.24, 2.45) is 0 Å². The number of aryl methyl sites for hydroxylation is 3. The van der Waals surface area contributed by atoms with Crippen molar-refractivity contribution in [3.63, 3.8) is 0 Å². The van der Waals surface area contributed by atoms with Gasteiger partial charge < -0.3 is 0 Å². The fraction of sp³-hybridized carbons (Fsp3) is 0.138. The molecule has 3 aromatic carbocycles. The number of benzene rings is 3. The average molecular weight is 424 g/mol. The van der Waals surface area contributed by atoms with Gasteiger partial charge in [0.1, 0.15) is 11.6 Å². The van der Waals surface area contributed by atoms with Crippen molar-refractivity contribution in [1.29, 1.82) is 0 Å². The number of nitrogens with zero attached hydrogens (tertiary/aromatic N) is 1. The van der Waals surface area contributed by atoms with Gasteiger partial charge in [-0.3, -0.25) is 4.98 Å². The lowest BCUT2D eigenvalue weighted by atomic mass is 10.0. The number of pyridine rings is 1. The fourth-order valence-electron chi connectivity index (χ4n) is 3.54. The molecule has 0 saturated heterocycles. The molecule has 0 aliphatic heterocycles. The Hall–Kier alpha value is -3.77. The zero-order chi connectivity index (χ0) is 22.3. The van der Waals surface area contributed by atoms with Gasteiger partial charge in [-0.25, -0.2) is 8.78 Å². The molecular weight excluding hydrogens is 400 g/mol. The van der Waals surface area contributed by atoms with Crippen LogP contribution in [0.1, 0.15) is 34.4 Å². The second-order valence-corrected chi connectivity index (χ2v) is 7.76. The summed E-state index contributed by atoms with van der Waals surface area (Å²) in [5.74, 6) is 5.32. The first-order valence-corrected chi connectivity index (χ1v) is 10.7. The Kier molecular flexibility index (Phi) is 6.72. The van der Waals surface area contributed by atoms with Crippen molar-refractivity contribution >= 4 is 10.8 Å². The Morgan fingerprint density at radius 3 is 2.38 bits per heavy atom. The van der Waals surface area contributed by atoms with E-state index in [1.165, 1.54) is 17.7 Å². The molecule has 3 heteroatoms. The summed E-state index contributed by atoms with van der Waals surface area (Å²) in [5, 5.41) is 1.71. The van der Waals surface area contributed by atoms with E-state index in [0.29, 0.717) is 12.0 Å². The molecule has 0 radical (unpaired) electrons. The molecule has 0 fully saturated rings. The zero-order valence-corrected chi connectivity index (χ0v) is 17.7. The van der Waals surface area contributed by atoms with E-state index in [0.717, 1.165) is 46.9 Å². The highest BCUT2D eigenvalue weighted by Crippen LogP contribution is 2.18. The first-order valence-electron chi connectivity index (χ1n) is 10.7. The van der Waals surface area contributed by atoms with Crippen LogP contribution in [0.25, 0.3) is 10.8 Å². The van der Waals surface area contributed by atoms with E-state index in [-0.39, 0.29) is 11.6 Å². The topological polar surface area (TPSA) is 12.9 Å². The van der Waals surface area contributed by atoms with Crippen LogP contribution in [0.2, 0.25) is 0 Å². The standard InChI is InChI=1S/C29H23F2N/c1-2-3-4-23-9-16-28(32-20-23)15-8-22-6-11-24(29(31)18-22)10-5-21-7-12-26-19-27(30)14-13-25(26)17-21/h2,6-7,9,11-14,16-20H,1,3-4,8,15H2. The summed E-state index contributed by atoms with van der Waals surface area (Å²) in [6, 6.07) is 19.4. The summed E-state index contributed by atoms with van der Waals surface area (Å²) < 4.78 is 27.9. The molecule has 1 aromatic heterocycles. The van der Waals surface area contributed by atoms with Gasteiger partial charge in [0.15, 0.2) is 0 Å². The minimum atomic E-state index is -0.328. The van der Waals surface area contributed by atoms with Crippen LogP contribution in [0.3, 0.4) is 0 Å². The summed E-state index contributed by atoms with van der Waals surface area (Å²) in [6.07, 6.45) is 7.16. The number of hydrogen-bond donors (Lipinski definition) is 0. The maximum absolute atomic E-state index is 14.6. The minimum Gasteiger partial charge on any atom is -0.261 e. The third kappa shape index (κ3) is 5.47. The highest BCUT2D eigenvalue weighted by Gasteiger charge is 2.04. The van der Waals surface area contributed by atoms with E-state index < -0.39 is 0 Å².